The number of carbonyl (C=O) groups is 1. The summed E-state index contributed by atoms with van der Waals surface area (Å²) in [5.74, 6) is -1.02. The third-order valence-corrected chi connectivity index (χ3v) is 3.32. The van der Waals surface area contributed by atoms with Crippen LogP contribution in [0.1, 0.15) is 33.1 Å². The molecule has 1 unspecified atom stereocenters. The molecule has 0 aromatic rings. The first-order valence-electron chi connectivity index (χ1n) is 6.28. The Kier molecular flexibility index (Phi) is 5.20. The molecule has 1 heterocycles. The highest BCUT2D eigenvalue weighted by Crippen LogP contribution is 2.29. The normalized spacial score (nSPS) is 20.9. The Labute approximate surface area is 110 Å². The van der Waals surface area contributed by atoms with Crippen LogP contribution >= 0.6 is 0 Å². The van der Waals surface area contributed by atoms with Crippen molar-refractivity contribution in [3.8, 4) is 0 Å². The molecule has 1 atom stereocenters. The molecule has 0 bridgehead atoms. The van der Waals surface area contributed by atoms with Gasteiger partial charge < -0.3 is 9.84 Å². The van der Waals surface area contributed by atoms with E-state index in [1.807, 2.05) is 18.7 Å². The lowest BCUT2D eigenvalue weighted by Crippen LogP contribution is -2.64. The molecule has 1 fully saturated rings. The Hall–Kier alpha value is -0.820. The van der Waals surface area contributed by atoms with E-state index in [1.54, 1.807) is 0 Å². The third kappa shape index (κ3) is 5.78. The second-order valence-electron chi connectivity index (χ2n) is 5.39. The Balaban J connectivity index is 2.20. The number of alkyl halides is 3. The van der Waals surface area contributed by atoms with Gasteiger partial charge in [0.15, 0.2) is 0 Å². The first-order chi connectivity index (χ1) is 8.61. The van der Waals surface area contributed by atoms with Crippen molar-refractivity contribution in [2.45, 2.75) is 50.9 Å². The summed E-state index contributed by atoms with van der Waals surface area (Å²) in [6.45, 7) is 4.48. The SMILES string of the molecule is CC(CCCC(F)(F)F)N1CC(C)(OCC(=O)O)C1. The number of carboxylic acid groups (broad SMARTS) is 1. The zero-order chi connectivity index (χ0) is 14.7. The molecule has 112 valence electrons. The van der Waals surface area contributed by atoms with Gasteiger partial charge >= 0.3 is 12.1 Å². The van der Waals surface area contributed by atoms with Gasteiger partial charge in [0.05, 0.1) is 5.60 Å². The fourth-order valence-corrected chi connectivity index (χ4v) is 2.23. The second-order valence-corrected chi connectivity index (χ2v) is 5.39. The molecular formula is C12H20F3NO3. The summed E-state index contributed by atoms with van der Waals surface area (Å²) in [6.07, 6.45) is -4.24. The third-order valence-electron chi connectivity index (χ3n) is 3.32. The predicted molar refractivity (Wildman–Crippen MR) is 62.9 cm³/mol. The van der Waals surface area contributed by atoms with E-state index in [2.05, 4.69) is 0 Å². The molecule has 0 aromatic carbocycles. The fraction of sp³-hybridized carbons (Fsp3) is 0.917. The maximum Gasteiger partial charge on any atom is 0.389 e. The Morgan fingerprint density at radius 1 is 1.47 bits per heavy atom. The van der Waals surface area contributed by atoms with Crippen LogP contribution < -0.4 is 0 Å². The maximum atomic E-state index is 12.0. The van der Waals surface area contributed by atoms with Crippen molar-refractivity contribution < 1.29 is 27.8 Å². The van der Waals surface area contributed by atoms with Crippen LogP contribution in [0.4, 0.5) is 13.2 Å². The molecule has 0 aliphatic carbocycles. The summed E-state index contributed by atoms with van der Waals surface area (Å²) in [7, 11) is 0. The van der Waals surface area contributed by atoms with Crippen molar-refractivity contribution in [2.75, 3.05) is 19.7 Å². The summed E-state index contributed by atoms with van der Waals surface area (Å²) in [6, 6.07) is 0.0591. The number of rotatable bonds is 7. The molecule has 0 spiro atoms. The molecule has 19 heavy (non-hydrogen) atoms. The lowest BCUT2D eigenvalue weighted by atomic mass is 9.93. The minimum atomic E-state index is -4.09. The van der Waals surface area contributed by atoms with Gasteiger partial charge in [0.1, 0.15) is 6.61 Å². The molecule has 7 heteroatoms. The molecule has 0 aromatic heterocycles. The number of ether oxygens (including phenoxy) is 1. The van der Waals surface area contributed by atoms with Crippen molar-refractivity contribution >= 4 is 5.97 Å². The first-order valence-corrected chi connectivity index (χ1v) is 6.28. The number of halogens is 3. The zero-order valence-corrected chi connectivity index (χ0v) is 11.2. The quantitative estimate of drug-likeness (QED) is 0.779. The predicted octanol–water partition coefficient (Wildman–Crippen LogP) is 2.28. The maximum absolute atomic E-state index is 12.0. The summed E-state index contributed by atoms with van der Waals surface area (Å²) in [5.41, 5.74) is -0.489. The number of hydrogen-bond acceptors (Lipinski definition) is 3. The average Bonchev–Trinajstić information content (AvgIpc) is 2.20. The highest BCUT2D eigenvalue weighted by atomic mass is 19.4. The summed E-state index contributed by atoms with van der Waals surface area (Å²) in [5, 5.41) is 8.52. The van der Waals surface area contributed by atoms with Crippen LogP contribution in [0, 0.1) is 0 Å². The number of aliphatic carboxylic acids is 1. The van der Waals surface area contributed by atoms with Gasteiger partial charge in [0.25, 0.3) is 0 Å². The van der Waals surface area contributed by atoms with E-state index < -0.39 is 24.2 Å². The number of hydrogen-bond donors (Lipinski definition) is 1. The van der Waals surface area contributed by atoms with Gasteiger partial charge in [-0.1, -0.05) is 0 Å². The van der Waals surface area contributed by atoms with Gasteiger partial charge in [0, 0.05) is 25.6 Å². The number of likely N-dealkylation sites (tertiary alicyclic amines) is 1. The van der Waals surface area contributed by atoms with E-state index in [0.29, 0.717) is 19.5 Å². The Bertz CT molecular complexity index is 314. The minimum Gasteiger partial charge on any atom is -0.480 e. The fourth-order valence-electron chi connectivity index (χ4n) is 2.23. The average molecular weight is 283 g/mol. The van der Waals surface area contributed by atoms with Gasteiger partial charge in [-0.2, -0.15) is 13.2 Å². The van der Waals surface area contributed by atoms with Crippen LogP contribution in [0.15, 0.2) is 0 Å². The smallest absolute Gasteiger partial charge is 0.389 e. The number of nitrogens with zero attached hydrogens (tertiary/aromatic N) is 1. The van der Waals surface area contributed by atoms with Crippen LogP contribution in [0.5, 0.6) is 0 Å². The van der Waals surface area contributed by atoms with Crippen LogP contribution in [0.25, 0.3) is 0 Å². The van der Waals surface area contributed by atoms with Crippen molar-refractivity contribution in [1.29, 1.82) is 0 Å². The van der Waals surface area contributed by atoms with Gasteiger partial charge in [-0.15, -0.1) is 0 Å². The van der Waals surface area contributed by atoms with Crippen molar-refractivity contribution in [2.24, 2.45) is 0 Å². The van der Waals surface area contributed by atoms with Crippen LogP contribution in [-0.2, 0) is 9.53 Å². The van der Waals surface area contributed by atoms with E-state index in [0.717, 1.165) is 0 Å². The van der Waals surface area contributed by atoms with Crippen LogP contribution in [-0.4, -0.2) is 53.5 Å². The second kappa shape index (κ2) is 6.09. The zero-order valence-electron chi connectivity index (χ0n) is 11.2. The molecule has 0 radical (unpaired) electrons. The molecular weight excluding hydrogens is 263 g/mol. The standard InChI is InChI=1S/C12H20F3NO3/c1-9(4-3-5-12(13,14)15)16-7-11(2,8-16)19-6-10(17)18/h9H,3-8H2,1-2H3,(H,17,18). The summed E-state index contributed by atoms with van der Waals surface area (Å²) in [4.78, 5) is 12.4. The van der Waals surface area contributed by atoms with Crippen molar-refractivity contribution in [1.82, 2.24) is 4.90 Å². The molecule has 0 saturated carbocycles. The van der Waals surface area contributed by atoms with Gasteiger partial charge in [0.2, 0.25) is 0 Å². The topological polar surface area (TPSA) is 49.8 Å². The minimum absolute atomic E-state index is 0.0591. The highest BCUT2D eigenvalue weighted by molar-refractivity contribution is 5.68. The molecule has 1 saturated heterocycles. The Morgan fingerprint density at radius 2 is 2.05 bits per heavy atom. The van der Waals surface area contributed by atoms with Crippen molar-refractivity contribution in [3.05, 3.63) is 0 Å². The van der Waals surface area contributed by atoms with E-state index in [4.69, 9.17) is 9.84 Å². The molecule has 1 N–H and O–H groups in total. The lowest BCUT2D eigenvalue weighted by molar-refractivity contribution is -0.169. The summed E-state index contributed by atoms with van der Waals surface area (Å²) >= 11 is 0. The van der Waals surface area contributed by atoms with E-state index in [9.17, 15) is 18.0 Å². The van der Waals surface area contributed by atoms with E-state index >= 15 is 0 Å². The molecule has 1 aliphatic rings. The largest absolute Gasteiger partial charge is 0.480 e. The molecule has 4 nitrogen and oxygen atoms in total. The van der Waals surface area contributed by atoms with Crippen molar-refractivity contribution in [3.63, 3.8) is 0 Å². The van der Waals surface area contributed by atoms with Crippen LogP contribution in [0.3, 0.4) is 0 Å². The Morgan fingerprint density at radius 3 is 2.53 bits per heavy atom. The molecule has 1 rings (SSSR count). The highest BCUT2D eigenvalue weighted by Gasteiger charge is 2.42. The number of carboxylic acids is 1. The van der Waals surface area contributed by atoms with Gasteiger partial charge in [-0.05, 0) is 26.7 Å². The van der Waals surface area contributed by atoms with Gasteiger partial charge in [-0.3, -0.25) is 4.90 Å². The van der Waals surface area contributed by atoms with Gasteiger partial charge in [-0.25, -0.2) is 4.79 Å². The molecule has 1 aliphatic heterocycles. The first kappa shape index (κ1) is 16.2. The molecule has 0 amide bonds. The van der Waals surface area contributed by atoms with E-state index in [1.165, 1.54) is 0 Å². The monoisotopic (exact) mass is 283 g/mol. The van der Waals surface area contributed by atoms with E-state index in [-0.39, 0.29) is 19.1 Å². The summed E-state index contributed by atoms with van der Waals surface area (Å²) < 4.78 is 41.3. The van der Waals surface area contributed by atoms with Crippen LogP contribution in [0.2, 0.25) is 0 Å². The lowest BCUT2D eigenvalue weighted by Gasteiger charge is -2.50.